The Morgan fingerprint density at radius 3 is 2.55 bits per heavy atom. The molecule has 5 rings (SSSR count). The van der Waals surface area contributed by atoms with E-state index in [1.54, 1.807) is 28.9 Å². The van der Waals surface area contributed by atoms with Crippen molar-refractivity contribution < 1.29 is 18.7 Å². The summed E-state index contributed by atoms with van der Waals surface area (Å²) in [7, 11) is 0. The quantitative estimate of drug-likeness (QED) is 0.474. The van der Waals surface area contributed by atoms with E-state index in [0.29, 0.717) is 17.7 Å². The van der Waals surface area contributed by atoms with Gasteiger partial charge in [-0.25, -0.2) is 13.9 Å². The number of amides is 1. The lowest BCUT2D eigenvalue weighted by Gasteiger charge is -2.23. The zero-order chi connectivity index (χ0) is 22.8. The average molecular weight is 441 g/mol. The molecule has 0 unspecified atom stereocenters. The number of carbonyl (C=O) groups is 2. The van der Waals surface area contributed by atoms with E-state index in [0.717, 1.165) is 22.4 Å². The van der Waals surface area contributed by atoms with E-state index in [1.807, 2.05) is 48.7 Å². The van der Waals surface area contributed by atoms with E-state index >= 15 is 0 Å². The fourth-order valence-corrected chi connectivity index (χ4v) is 3.88. The highest BCUT2D eigenvalue weighted by molar-refractivity contribution is 5.95. The number of aromatic nitrogens is 2. The molecule has 3 aromatic carbocycles. The smallest absolute Gasteiger partial charge is 0.339 e. The van der Waals surface area contributed by atoms with Gasteiger partial charge in [-0.1, -0.05) is 36.4 Å². The van der Waals surface area contributed by atoms with Gasteiger partial charge in [0, 0.05) is 30.3 Å². The third kappa shape index (κ3) is 4.25. The van der Waals surface area contributed by atoms with Gasteiger partial charge >= 0.3 is 5.97 Å². The van der Waals surface area contributed by atoms with Crippen LogP contribution in [-0.2, 0) is 22.5 Å². The SMILES string of the molecule is O=C1O[C@@H](C(=O)NCc2cn(-c3ccccc3)nc2-c2ccc(F)cc2)Cc2ccccc21. The van der Waals surface area contributed by atoms with Gasteiger partial charge in [-0.2, -0.15) is 5.10 Å². The van der Waals surface area contributed by atoms with Crippen LogP contribution >= 0.6 is 0 Å². The predicted molar refractivity (Wildman–Crippen MR) is 120 cm³/mol. The summed E-state index contributed by atoms with van der Waals surface area (Å²) in [4.78, 5) is 25.1. The second kappa shape index (κ2) is 8.70. The maximum absolute atomic E-state index is 13.4. The molecule has 1 aliphatic rings. The molecule has 2 heterocycles. The van der Waals surface area contributed by atoms with Crippen LogP contribution in [-0.4, -0.2) is 27.8 Å². The minimum Gasteiger partial charge on any atom is -0.448 e. The van der Waals surface area contributed by atoms with Gasteiger partial charge in [0.05, 0.1) is 16.9 Å². The highest BCUT2D eigenvalue weighted by atomic mass is 19.1. The topological polar surface area (TPSA) is 73.2 Å². The van der Waals surface area contributed by atoms with E-state index in [9.17, 15) is 14.0 Å². The third-order valence-corrected chi connectivity index (χ3v) is 5.57. The Bertz CT molecular complexity index is 1320. The zero-order valence-electron chi connectivity index (χ0n) is 17.6. The van der Waals surface area contributed by atoms with Gasteiger partial charge in [-0.05, 0) is 48.0 Å². The summed E-state index contributed by atoms with van der Waals surface area (Å²) in [5.41, 5.74) is 4.25. The summed E-state index contributed by atoms with van der Waals surface area (Å²) >= 11 is 0. The first-order valence-corrected chi connectivity index (χ1v) is 10.5. The second-order valence-corrected chi connectivity index (χ2v) is 7.76. The van der Waals surface area contributed by atoms with Crippen LogP contribution in [0.2, 0.25) is 0 Å². The number of hydrogen-bond donors (Lipinski definition) is 1. The number of esters is 1. The van der Waals surface area contributed by atoms with E-state index in [1.165, 1.54) is 12.1 Å². The number of carbonyl (C=O) groups excluding carboxylic acids is 2. The summed E-state index contributed by atoms with van der Waals surface area (Å²) in [6.45, 7) is 0.175. The maximum atomic E-state index is 13.4. The molecule has 0 bridgehead atoms. The molecule has 0 saturated carbocycles. The van der Waals surface area contributed by atoms with Crippen molar-refractivity contribution in [3.05, 3.63) is 108 Å². The highest BCUT2D eigenvalue weighted by Crippen LogP contribution is 2.25. The first-order chi connectivity index (χ1) is 16.1. The summed E-state index contributed by atoms with van der Waals surface area (Å²) in [6.07, 6.45) is 1.25. The number of halogens is 1. The Labute approximate surface area is 189 Å². The Morgan fingerprint density at radius 1 is 1.03 bits per heavy atom. The molecule has 1 amide bonds. The van der Waals surface area contributed by atoms with E-state index in [-0.39, 0.29) is 18.3 Å². The van der Waals surface area contributed by atoms with Crippen LogP contribution in [0.4, 0.5) is 4.39 Å². The number of fused-ring (bicyclic) bond motifs is 1. The first-order valence-electron chi connectivity index (χ1n) is 10.5. The molecular formula is C26H20FN3O3. The average Bonchev–Trinajstić information content (AvgIpc) is 3.28. The van der Waals surface area contributed by atoms with Crippen molar-refractivity contribution in [3.63, 3.8) is 0 Å². The number of benzene rings is 3. The van der Waals surface area contributed by atoms with Crippen LogP contribution in [0.25, 0.3) is 16.9 Å². The van der Waals surface area contributed by atoms with Crippen molar-refractivity contribution in [3.8, 4) is 16.9 Å². The van der Waals surface area contributed by atoms with Crippen LogP contribution in [0.3, 0.4) is 0 Å². The molecule has 7 heteroatoms. The van der Waals surface area contributed by atoms with Crippen molar-refractivity contribution in [2.75, 3.05) is 0 Å². The lowest BCUT2D eigenvalue weighted by Crippen LogP contribution is -2.41. The molecule has 0 saturated heterocycles. The van der Waals surface area contributed by atoms with Gasteiger partial charge in [0.25, 0.3) is 5.91 Å². The van der Waals surface area contributed by atoms with Crippen molar-refractivity contribution in [1.82, 2.24) is 15.1 Å². The minimum absolute atomic E-state index is 0.175. The molecule has 1 atom stereocenters. The molecule has 1 N–H and O–H groups in total. The second-order valence-electron chi connectivity index (χ2n) is 7.76. The Kier molecular flexibility index (Phi) is 5.44. The Hall–Kier alpha value is -4.26. The van der Waals surface area contributed by atoms with Gasteiger partial charge in [-0.15, -0.1) is 0 Å². The molecule has 4 aromatic rings. The molecule has 0 fully saturated rings. The molecule has 0 aliphatic carbocycles. The predicted octanol–water partition coefficient (Wildman–Crippen LogP) is 4.08. The molecule has 6 nitrogen and oxygen atoms in total. The van der Waals surface area contributed by atoms with Gasteiger partial charge in [-0.3, -0.25) is 4.79 Å². The van der Waals surface area contributed by atoms with Gasteiger partial charge < -0.3 is 10.1 Å². The number of hydrogen-bond acceptors (Lipinski definition) is 4. The third-order valence-electron chi connectivity index (χ3n) is 5.57. The van der Waals surface area contributed by atoms with Crippen molar-refractivity contribution in [2.24, 2.45) is 0 Å². The fourth-order valence-electron chi connectivity index (χ4n) is 3.88. The van der Waals surface area contributed by atoms with Crippen LogP contribution < -0.4 is 5.32 Å². The summed E-state index contributed by atoms with van der Waals surface area (Å²) in [5, 5.41) is 7.53. The van der Waals surface area contributed by atoms with Gasteiger partial charge in [0.15, 0.2) is 6.10 Å². The summed E-state index contributed by atoms with van der Waals surface area (Å²) < 4.78 is 20.5. The monoisotopic (exact) mass is 441 g/mol. The minimum atomic E-state index is -0.897. The Morgan fingerprint density at radius 2 is 1.76 bits per heavy atom. The number of rotatable bonds is 5. The van der Waals surface area contributed by atoms with Crippen molar-refractivity contribution >= 4 is 11.9 Å². The lowest BCUT2D eigenvalue weighted by atomic mass is 9.98. The highest BCUT2D eigenvalue weighted by Gasteiger charge is 2.31. The summed E-state index contributed by atoms with van der Waals surface area (Å²) in [5.74, 6) is -1.22. The van der Waals surface area contributed by atoms with Crippen LogP contribution in [0.5, 0.6) is 0 Å². The first kappa shape index (κ1) is 20.6. The van der Waals surface area contributed by atoms with Crippen molar-refractivity contribution in [2.45, 2.75) is 19.1 Å². The Balaban J connectivity index is 1.38. The lowest BCUT2D eigenvalue weighted by molar-refractivity contribution is -0.130. The van der Waals surface area contributed by atoms with E-state index in [2.05, 4.69) is 10.4 Å². The van der Waals surface area contributed by atoms with Gasteiger partial charge in [0.2, 0.25) is 0 Å². The van der Waals surface area contributed by atoms with Crippen LogP contribution in [0.15, 0.2) is 85.1 Å². The number of para-hydroxylation sites is 1. The van der Waals surface area contributed by atoms with Crippen LogP contribution in [0.1, 0.15) is 21.5 Å². The molecule has 33 heavy (non-hydrogen) atoms. The van der Waals surface area contributed by atoms with E-state index < -0.39 is 12.1 Å². The number of cyclic esters (lactones) is 1. The number of nitrogens with one attached hydrogen (secondary N) is 1. The molecule has 0 spiro atoms. The maximum Gasteiger partial charge on any atom is 0.339 e. The zero-order valence-corrected chi connectivity index (χ0v) is 17.6. The van der Waals surface area contributed by atoms with E-state index in [4.69, 9.17) is 4.74 Å². The molecule has 1 aromatic heterocycles. The molecule has 0 radical (unpaired) electrons. The van der Waals surface area contributed by atoms with Crippen LogP contribution in [0, 0.1) is 5.82 Å². The molecule has 164 valence electrons. The number of nitrogens with zero attached hydrogens (tertiary/aromatic N) is 2. The molecule has 1 aliphatic heterocycles. The fraction of sp³-hybridized carbons (Fsp3) is 0.115. The molecular weight excluding hydrogens is 421 g/mol. The van der Waals surface area contributed by atoms with Gasteiger partial charge in [0.1, 0.15) is 5.82 Å². The largest absolute Gasteiger partial charge is 0.448 e. The standard InChI is InChI=1S/C26H20FN3O3/c27-20-12-10-17(11-13-20)24-19(16-30(29-24)21-7-2-1-3-8-21)15-28-25(31)23-14-18-6-4-5-9-22(18)26(32)33-23/h1-13,16,23H,14-15H2,(H,28,31)/t23-/m1/s1. The normalized spacial score (nSPS) is 14.9. The number of ether oxygens (including phenoxy) is 1. The summed E-state index contributed by atoms with van der Waals surface area (Å²) in [6, 6.07) is 22.7. The van der Waals surface area contributed by atoms with Crippen molar-refractivity contribution in [1.29, 1.82) is 0 Å².